The summed E-state index contributed by atoms with van der Waals surface area (Å²) >= 11 is 0. The van der Waals surface area contributed by atoms with Gasteiger partial charge in [-0.15, -0.1) is 0 Å². The molecule has 5 heteroatoms. The quantitative estimate of drug-likeness (QED) is 0.906. The van der Waals surface area contributed by atoms with Crippen LogP contribution in [0.3, 0.4) is 0 Å². The van der Waals surface area contributed by atoms with Crippen LogP contribution in [0.2, 0.25) is 0 Å². The van der Waals surface area contributed by atoms with Crippen molar-refractivity contribution in [3.8, 4) is 11.5 Å². The molecule has 23 heavy (non-hydrogen) atoms. The Labute approximate surface area is 138 Å². The van der Waals surface area contributed by atoms with Gasteiger partial charge in [-0.25, -0.2) is 0 Å². The van der Waals surface area contributed by atoms with E-state index in [2.05, 4.69) is 0 Å². The van der Waals surface area contributed by atoms with Crippen molar-refractivity contribution < 1.29 is 14.3 Å². The van der Waals surface area contributed by atoms with Crippen molar-refractivity contribution in [3.63, 3.8) is 0 Å². The lowest BCUT2D eigenvalue weighted by atomic mass is 9.96. The van der Waals surface area contributed by atoms with Gasteiger partial charge in [-0.2, -0.15) is 0 Å². The third kappa shape index (κ3) is 4.16. The first-order valence-electron chi connectivity index (χ1n) is 8.35. The number of methoxy groups -OCH3 is 1. The minimum atomic E-state index is -0.0234. The molecule has 2 atom stereocenters. The zero-order chi connectivity index (χ0) is 17.0. The van der Waals surface area contributed by atoms with Crippen LogP contribution in [0.25, 0.3) is 0 Å². The van der Waals surface area contributed by atoms with Crippen molar-refractivity contribution in [1.29, 1.82) is 0 Å². The maximum atomic E-state index is 12.9. The van der Waals surface area contributed by atoms with Gasteiger partial charge in [0.2, 0.25) is 0 Å². The van der Waals surface area contributed by atoms with Gasteiger partial charge in [-0.1, -0.05) is 0 Å². The highest BCUT2D eigenvalue weighted by Crippen LogP contribution is 2.30. The van der Waals surface area contributed by atoms with Gasteiger partial charge in [0.25, 0.3) is 5.91 Å². The fourth-order valence-corrected chi connectivity index (χ4v) is 3.07. The van der Waals surface area contributed by atoms with E-state index in [0.717, 1.165) is 25.8 Å². The van der Waals surface area contributed by atoms with Gasteiger partial charge in [0.1, 0.15) is 0 Å². The zero-order valence-corrected chi connectivity index (χ0v) is 14.5. The van der Waals surface area contributed by atoms with Crippen LogP contribution >= 0.6 is 0 Å². The van der Waals surface area contributed by atoms with Gasteiger partial charge in [0, 0.05) is 24.2 Å². The minimum absolute atomic E-state index is 0.0152. The molecule has 1 aromatic carbocycles. The number of amides is 1. The molecule has 2 N–H and O–H groups in total. The third-order valence-electron chi connectivity index (χ3n) is 4.19. The molecule has 2 rings (SSSR count). The Morgan fingerprint density at radius 2 is 2.00 bits per heavy atom. The van der Waals surface area contributed by atoms with Crippen LogP contribution in [0.5, 0.6) is 11.5 Å². The number of nitrogens with zero attached hydrogens (tertiary/aromatic N) is 1. The molecule has 0 radical (unpaired) electrons. The summed E-state index contributed by atoms with van der Waals surface area (Å²) in [6.07, 6.45) is 3.17. The topological polar surface area (TPSA) is 64.8 Å². The maximum absolute atomic E-state index is 12.9. The summed E-state index contributed by atoms with van der Waals surface area (Å²) in [4.78, 5) is 14.8. The number of likely N-dealkylation sites (tertiary alicyclic amines) is 1. The van der Waals surface area contributed by atoms with Crippen LogP contribution in [0, 0.1) is 0 Å². The molecule has 1 heterocycles. The molecule has 5 nitrogen and oxygen atoms in total. The van der Waals surface area contributed by atoms with Gasteiger partial charge >= 0.3 is 0 Å². The van der Waals surface area contributed by atoms with Crippen molar-refractivity contribution in [3.05, 3.63) is 23.8 Å². The van der Waals surface area contributed by atoms with Gasteiger partial charge in [-0.05, 0) is 58.2 Å². The lowest BCUT2D eigenvalue weighted by Gasteiger charge is -2.38. The van der Waals surface area contributed by atoms with Crippen LogP contribution in [0.15, 0.2) is 18.2 Å². The number of nitrogens with two attached hydrogens (primary N) is 1. The van der Waals surface area contributed by atoms with Crippen molar-refractivity contribution in [2.24, 2.45) is 5.73 Å². The van der Waals surface area contributed by atoms with Gasteiger partial charge < -0.3 is 20.1 Å². The number of benzene rings is 1. The largest absolute Gasteiger partial charge is 0.493 e. The average molecular weight is 320 g/mol. The van der Waals surface area contributed by atoms with Crippen LogP contribution in [0.4, 0.5) is 0 Å². The van der Waals surface area contributed by atoms with Crippen LogP contribution in [-0.4, -0.2) is 42.6 Å². The van der Waals surface area contributed by atoms with Crippen LogP contribution in [0.1, 0.15) is 50.4 Å². The number of hydrogen-bond acceptors (Lipinski definition) is 4. The number of rotatable bonds is 5. The van der Waals surface area contributed by atoms with E-state index in [4.69, 9.17) is 15.2 Å². The lowest BCUT2D eigenvalue weighted by molar-refractivity contribution is 0.0583. The highest BCUT2D eigenvalue weighted by molar-refractivity contribution is 5.95. The summed E-state index contributed by atoms with van der Waals surface area (Å²) in [6.45, 7) is 6.65. The lowest BCUT2D eigenvalue weighted by Crippen LogP contribution is -2.51. The molecule has 0 aromatic heterocycles. The fourth-order valence-electron chi connectivity index (χ4n) is 3.07. The highest BCUT2D eigenvalue weighted by Gasteiger charge is 2.30. The van der Waals surface area contributed by atoms with Gasteiger partial charge in [0.15, 0.2) is 11.5 Å². The Balaban J connectivity index is 2.24. The summed E-state index contributed by atoms with van der Waals surface area (Å²) < 4.78 is 11.1. The van der Waals surface area contributed by atoms with E-state index in [1.807, 2.05) is 25.7 Å². The number of carbonyl (C=O) groups excluding carboxylic acids is 1. The molecule has 1 aliphatic heterocycles. The molecule has 1 fully saturated rings. The van der Waals surface area contributed by atoms with E-state index < -0.39 is 0 Å². The number of piperidine rings is 1. The van der Waals surface area contributed by atoms with E-state index in [9.17, 15) is 4.79 Å². The molecule has 128 valence electrons. The van der Waals surface area contributed by atoms with E-state index in [1.54, 1.807) is 25.3 Å². The maximum Gasteiger partial charge on any atom is 0.254 e. The number of carbonyl (C=O) groups is 1. The Morgan fingerprint density at radius 1 is 1.26 bits per heavy atom. The first kappa shape index (κ1) is 17.6. The second-order valence-electron chi connectivity index (χ2n) is 6.45. The third-order valence-corrected chi connectivity index (χ3v) is 4.19. The van der Waals surface area contributed by atoms with Gasteiger partial charge in [0.05, 0.1) is 13.2 Å². The van der Waals surface area contributed by atoms with Crippen LogP contribution in [-0.2, 0) is 0 Å². The summed E-state index contributed by atoms with van der Waals surface area (Å²) in [5.74, 6) is 1.25. The van der Waals surface area contributed by atoms with E-state index in [-0.39, 0.29) is 24.1 Å². The predicted octanol–water partition coefficient (Wildman–Crippen LogP) is 2.82. The molecule has 1 amide bonds. The molecule has 0 saturated carbocycles. The predicted molar refractivity (Wildman–Crippen MR) is 91.1 cm³/mol. The molecular weight excluding hydrogens is 292 g/mol. The van der Waals surface area contributed by atoms with Crippen LogP contribution < -0.4 is 15.2 Å². The molecule has 0 aliphatic carbocycles. The Hall–Kier alpha value is -1.75. The molecular formula is C18H28N2O3. The normalized spacial score (nSPS) is 19.6. The highest BCUT2D eigenvalue weighted by atomic mass is 16.5. The second kappa shape index (κ2) is 7.68. The monoisotopic (exact) mass is 320 g/mol. The van der Waals surface area contributed by atoms with Crippen molar-refractivity contribution in [2.75, 3.05) is 13.7 Å². The summed E-state index contributed by atoms with van der Waals surface area (Å²) in [5, 5.41) is 0. The smallest absolute Gasteiger partial charge is 0.254 e. The average Bonchev–Trinajstić information content (AvgIpc) is 2.54. The van der Waals surface area contributed by atoms with Crippen molar-refractivity contribution in [2.45, 2.75) is 58.2 Å². The Morgan fingerprint density at radius 3 is 2.61 bits per heavy atom. The standard InChI is InChI=1S/C18H28N2O3/c1-12(2)23-16-9-8-14(11-17(16)22-4)18(21)20-10-6-5-7-15(20)13(3)19/h8-9,11-13,15H,5-7,10,19H2,1-4H3/t13-,15-/m1/s1. The SMILES string of the molecule is COc1cc(C(=O)N2CCCC[C@@H]2[C@@H](C)N)ccc1OC(C)C. The van der Waals surface area contributed by atoms with Gasteiger partial charge in [-0.3, -0.25) is 4.79 Å². The number of ether oxygens (including phenoxy) is 2. The molecule has 0 unspecified atom stereocenters. The first-order chi connectivity index (χ1) is 10.9. The molecule has 0 spiro atoms. The van der Waals surface area contributed by atoms with E-state index in [0.29, 0.717) is 17.1 Å². The first-order valence-corrected chi connectivity index (χ1v) is 8.35. The van der Waals surface area contributed by atoms with E-state index >= 15 is 0 Å². The van der Waals surface area contributed by atoms with E-state index in [1.165, 1.54) is 0 Å². The summed E-state index contributed by atoms with van der Waals surface area (Å²) in [5.41, 5.74) is 6.69. The Bertz CT molecular complexity index is 543. The molecule has 1 saturated heterocycles. The zero-order valence-electron chi connectivity index (χ0n) is 14.5. The molecule has 1 aromatic rings. The summed E-state index contributed by atoms with van der Waals surface area (Å²) in [6, 6.07) is 5.44. The van der Waals surface area contributed by atoms with Crippen molar-refractivity contribution >= 4 is 5.91 Å². The number of hydrogen-bond donors (Lipinski definition) is 1. The second-order valence-corrected chi connectivity index (χ2v) is 6.45. The molecule has 0 bridgehead atoms. The Kier molecular flexibility index (Phi) is 5.88. The van der Waals surface area contributed by atoms with Crippen molar-refractivity contribution in [1.82, 2.24) is 4.90 Å². The molecule has 1 aliphatic rings. The summed E-state index contributed by atoms with van der Waals surface area (Å²) in [7, 11) is 1.59. The minimum Gasteiger partial charge on any atom is -0.493 e. The fraction of sp³-hybridized carbons (Fsp3) is 0.611.